The second-order valence-corrected chi connectivity index (χ2v) is 13.3. The molecule has 5 nitrogen and oxygen atoms in total. The van der Waals surface area contributed by atoms with E-state index in [-0.39, 0.29) is 17.0 Å². The molecule has 6 N–H and O–H groups in total. The normalized spacial score (nSPS) is 14.4. The van der Waals surface area contributed by atoms with E-state index in [9.17, 15) is 20.4 Å². The van der Waals surface area contributed by atoms with Crippen molar-refractivity contribution in [1.29, 1.82) is 0 Å². The van der Waals surface area contributed by atoms with Crippen LogP contribution in [0, 0.1) is 0 Å². The summed E-state index contributed by atoms with van der Waals surface area (Å²) in [5.74, 6) is -0.288. The van der Waals surface area contributed by atoms with Gasteiger partial charge < -0.3 is 25.9 Å². The second-order valence-electron chi connectivity index (χ2n) is 13.3. The molecule has 0 aromatic heterocycles. The minimum atomic E-state index is -1.68. The van der Waals surface area contributed by atoms with Crippen molar-refractivity contribution in [2.24, 2.45) is 0 Å². The lowest BCUT2D eigenvalue weighted by Crippen LogP contribution is -2.27. The second kappa shape index (κ2) is 10.9. The van der Waals surface area contributed by atoms with Crippen LogP contribution in [0.15, 0.2) is 158 Å². The van der Waals surface area contributed by atoms with Crippen molar-refractivity contribution < 1.29 is 25.9 Å². The Balaban J connectivity index is 0.00000348. The third-order valence-electron chi connectivity index (χ3n) is 10.9. The van der Waals surface area contributed by atoms with Crippen molar-refractivity contribution in [3.63, 3.8) is 0 Å². The van der Waals surface area contributed by atoms with Gasteiger partial charge in [0.2, 0.25) is 0 Å². The van der Waals surface area contributed by atoms with Gasteiger partial charge in [0, 0.05) is 44.5 Å². The van der Waals surface area contributed by atoms with Crippen LogP contribution < -0.4 is 0 Å². The molecule has 0 aliphatic heterocycles. The van der Waals surface area contributed by atoms with Gasteiger partial charge in [-0.3, -0.25) is 0 Å². The summed E-state index contributed by atoms with van der Waals surface area (Å²) >= 11 is 0. The molecule has 8 aromatic rings. The number of hydrogen-bond acceptors (Lipinski definition) is 4. The van der Waals surface area contributed by atoms with Crippen molar-refractivity contribution in [3.8, 4) is 44.9 Å². The first-order valence-electron chi connectivity index (χ1n) is 16.8. The molecule has 0 radical (unpaired) electrons. The Hall–Kier alpha value is -6.24. The van der Waals surface area contributed by atoms with Gasteiger partial charge in [-0.15, -0.1) is 0 Å². The van der Waals surface area contributed by atoms with E-state index in [1.54, 1.807) is 0 Å². The summed E-state index contributed by atoms with van der Waals surface area (Å²) in [6.45, 7) is 0. The highest BCUT2D eigenvalue weighted by Gasteiger charge is 2.47. The topological polar surface area (TPSA) is 112 Å². The molecule has 0 spiro atoms. The SMILES string of the molecule is O.Oc1c(C2(O)c3ccccc3-c3ccccc32)cc2ccccc2c1-c1c(O)c(C2(O)c3ccccc3-c3ccccc32)cc2ccccc12. The first-order chi connectivity index (χ1) is 24.4. The Morgan fingerprint density at radius 3 is 0.941 bits per heavy atom. The molecule has 5 heteroatoms. The Morgan fingerprint density at radius 2 is 0.608 bits per heavy atom. The van der Waals surface area contributed by atoms with Crippen LogP contribution in [-0.4, -0.2) is 25.9 Å². The molecule has 0 fully saturated rings. The van der Waals surface area contributed by atoms with Gasteiger partial charge in [0.25, 0.3) is 0 Å². The van der Waals surface area contributed by atoms with E-state index >= 15 is 0 Å². The fourth-order valence-electron chi connectivity index (χ4n) is 8.74. The number of hydrogen-bond donors (Lipinski definition) is 4. The number of rotatable bonds is 3. The summed E-state index contributed by atoms with van der Waals surface area (Å²) < 4.78 is 0. The maximum absolute atomic E-state index is 13.0. The number of phenolic OH excluding ortho intramolecular Hbond substituents is 2. The molecule has 10 rings (SSSR count). The fraction of sp³-hybridized carbons (Fsp3) is 0.0435. The Labute approximate surface area is 293 Å². The summed E-state index contributed by atoms with van der Waals surface area (Å²) in [7, 11) is 0. The zero-order valence-electron chi connectivity index (χ0n) is 27.3. The third-order valence-corrected chi connectivity index (χ3v) is 10.9. The van der Waals surface area contributed by atoms with Gasteiger partial charge in [-0.25, -0.2) is 0 Å². The van der Waals surface area contributed by atoms with Crippen molar-refractivity contribution >= 4 is 21.5 Å². The minimum absolute atomic E-state index is 0. The van der Waals surface area contributed by atoms with E-state index in [4.69, 9.17) is 0 Å². The van der Waals surface area contributed by atoms with Crippen molar-refractivity contribution in [3.05, 3.63) is 191 Å². The van der Waals surface area contributed by atoms with Crippen LogP contribution in [0.25, 0.3) is 54.9 Å². The smallest absolute Gasteiger partial charge is 0.145 e. The first-order valence-corrected chi connectivity index (χ1v) is 16.8. The highest BCUT2D eigenvalue weighted by molar-refractivity contribution is 6.11. The van der Waals surface area contributed by atoms with E-state index in [0.29, 0.717) is 55.3 Å². The molecule has 0 atom stereocenters. The Morgan fingerprint density at radius 1 is 0.333 bits per heavy atom. The molecule has 0 heterocycles. The average molecular weight is 665 g/mol. The Bertz CT molecular complexity index is 2450. The standard InChI is InChI=1S/C46H30O4.H2O/c47-43-39(45(49)35-21-9-5-17-31(35)32-18-6-10-22-36(32)45)25-27-13-1-3-15-29(27)41(43)42-30-16-4-2-14-28(30)26-40(44(42)48)46(50)37-23-11-7-19-33(37)34-20-8-12-24-38(34)46;/h1-26,47-50H;1H2. The molecular formula is C46H32O5. The van der Waals surface area contributed by atoms with E-state index in [1.807, 2.05) is 158 Å². The lowest BCUT2D eigenvalue weighted by Gasteiger charge is -2.31. The number of aliphatic hydroxyl groups is 2. The van der Waals surface area contributed by atoms with Crippen LogP contribution in [0.3, 0.4) is 0 Å². The molecule has 0 amide bonds. The van der Waals surface area contributed by atoms with Gasteiger partial charge in [-0.2, -0.15) is 0 Å². The summed E-state index contributed by atoms with van der Waals surface area (Å²) in [5.41, 5.74) is 4.32. The van der Waals surface area contributed by atoms with Crippen molar-refractivity contribution in [2.75, 3.05) is 0 Å². The molecule has 2 aliphatic rings. The molecular weight excluding hydrogens is 633 g/mol. The van der Waals surface area contributed by atoms with Crippen LogP contribution in [0.5, 0.6) is 11.5 Å². The average Bonchev–Trinajstić information content (AvgIpc) is 3.58. The van der Waals surface area contributed by atoms with Gasteiger partial charge in [0.1, 0.15) is 22.7 Å². The van der Waals surface area contributed by atoms with Crippen molar-refractivity contribution in [2.45, 2.75) is 11.2 Å². The number of aromatic hydroxyl groups is 2. The number of fused-ring (bicyclic) bond motifs is 8. The van der Waals surface area contributed by atoms with Gasteiger partial charge in [-0.05, 0) is 55.9 Å². The summed E-state index contributed by atoms with van der Waals surface area (Å²) in [6.07, 6.45) is 0. The largest absolute Gasteiger partial charge is 0.507 e. The predicted molar refractivity (Wildman–Crippen MR) is 202 cm³/mol. The van der Waals surface area contributed by atoms with E-state index in [2.05, 4.69) is 0 Å². The summed E-state index contributed by atoms with van der Waals surface area (Å²) in [5, 5.41) is 54.4. The van der Waals surface area contributed by atoms with Crippen LogP contribution >= 0.6 is 0 Å². The van der Waals surface area contributed by atoms with Crippen LogP contribution in [0.4, 0.5) is 0 Å². The lowest BCUT2D eigenvalue weighted by molar-refractivity contribution is 0.127. The Kier molecular flexibility index (Phi) is 6.57. The fourth-order valence-corrected chi connectivity index (χ4v) is 8.74. The minimum Gasteiger partial charge on any atom is -0.507 e. The maximum Gasteiger partial charge on any atom is 0.145 e. The number of benzene rings is 8. The third kappa shape index (κ3) is 3.91. The van der Waals surface area contributed by atoms with Crippen LogP contribution in [0.1, 0.15) is 33.4 Å². The zero-order valence-corrected chi connectivity index (χ0v) is 27.3. The van der Waals surface area contributed by atoms with Crippen molar-refractivity contribution in [1.82, 2.24) is 0 Å². The van der Waals surface area contributed by atoms with Gasteiger partial charge in [0.05, 0.1) is 0 Å². The lowest BCUT2D eigenvalue weighted by atomic mass is 9.78. The molecule has 246 valence electrons. The highest BCUT2D eigenvalue weighted by atomic mass is 16.3. The predicted octanol–water partition coefficient (Wildman–Crippen LogP) is 8.78. The van der Waals surface area contributed by atoms with Gasteiger partial charge in [-0.1, -0.05) is 146 Å². The van der Waals surface area contributed by atoms with E-state index in [1.165, 1.54) is 0 Å². The first kappa shape index (κ1) is 30.8. The van der Waals surface area contributed by atoms with Crippen LogP contribution in [0.2, 0.25) is 0 Å². The molecule has 0 unspecified atom stereocenters. The monoisotopic (exact) mass is 664 g/mol. The summed E-state index contributed by atoms with van der Waals surface area (Å²) in [4.78, 5) is 0. The maximum atomic E-state index is 13.0. The molecule has 0 bridgehead atoms. The molecule has 2 aliphatic carbocycles. The number of phenols is 2. The molecule has 0 saturated carbocycles. The van der Waals surface area contributed by atoms with E-state index in [0.717, 1.165) is 33.0 Å². The van der Waals surface area contributed by atoms with E-state index < -0.39 is 11.2 Å². The molecule has 0 saturated heterocycles. The summed E-state index contributed by atoms with van der Waals surface area (Å²) in [6, 6.07) is 50.1. The molecule has 8 aromatic carbocycles. The van der Waals surface area contributed by atoms with Gasteiger partial charge in [0.15, 0.2) is 0 Å². The highest BCUT2D eigenvalue weighted by Crippen LogP contribution is 2.59. The zero-order chi connectivity index (χ0) is 33.8. The van der Waals surface area contributed by atoms with Gasteiger partial charge >= 0.3 is 0 Å². The van der Waals surface area contributed by atoms with Crippen LogP contribution in [-0.2, 0) is 11.2 Å². The molecule has 51 heavy (non-hydrogen) atoms. The quantitative estimate of drug-likeness (QED) is 0.151.